The minimum absolute atomic E-state index is 0.0914. The molecule has 2 aromatic rings. The second-order valence-corrected chi connectivity index (χ2v) is 8.28. The summed E-state index contributed by atoms with van der Waals surface area (Å²) in [5.74, 6) is -0.835. The molecule has 0 atom stereocenters. The standard InChI is InChI=1S/C24H32N4O6/c1-3-5-12-27(21-22(25)28(11-4-2)24(32)26-23(21)31)19(29)14-34-20(30)15-33-18-10-9-16-7-6-8-17(16)13-18/h9-10,13H,3-8,11-12,14-15,25H2,1-2H3,(H,26,31,32). The van der Waals surface area contributed by atoms with E-state index in [0.29, 0.717) is 25.1 Å². The number of anilines is 2. The van der Waals surface area contributed by atoms with Gasteiger partial charge in [0.2, 0.25) is 0 Å². The number of esters is 1. The quantitative estimate of drug-likeness (QED) is 0.476. The fraction of sp³-hybridized carbons (Fsp3) is 0.500. The van der Waals surface area contributed by atoms with Crippen LogP contribution >= 0.6 is 0 Å². The summed E-state index contributed by atoms with van der Waals surface area (Å²) in [5, 5.41) is 0. The Hall–Kier alpha value is -3.56. The number of carbonyl (C=O) groups is 2. The van der Waals surface area contributed by atoms with Crippen LogP contribution in [-0.4, -0.2) is 41.2 Å². The van der Waals surface area contributed by atoms with Gasteiger partial charge in [0.25, 0.3) is 11.5 Å². The molecule has 3 rings (SSSR count). The highest BCUT2D eigenvalue weighted by atomic mass is 16.6. The summed E-state index contributed by atoms with van der Waals surface area (Å²) < 4.78 is 11.8. The van der Waals surface area contributed by atoms with E-state index in [1.807, 2.05) is 32.0 Å². The van der Waals surface area contributed by atoms with Crippen molar-refractivity contribution in [3.63, 3.8) is 0 Å². The number of benzene rings is 1. The molecule has 10 nitrogen and oxygen atoms in total. The van der Waals surface area contributed by atoms with Gasteiger partial charge in [-0.1, -0.05) is 26.3 Å². The van der Waals surface area contributed by atoms with Crippen LogP contribution in [0.4, 0.5) is 11.5 Å². The van der Waals surface area contributed by atoms with E-state index in [1.165, 1.54) is 20.6 Å². The number of aromatic nitrogens is 2. The lowest BCUT2D eigenvalue weighted by Crippen LogP contribution is -2.43. The number of hydrogen-bond donors (Lipinski definition) is 2. The summed E-state index contributed by atoms with van der Waals surface area (Å²) in [6, 6.07) is 5.74. The average Bonchev–Trinajstić information content (AvgIpc) is 3.28. The lowest BCUT2D eigenvalue weighted by atomic mass is 10.1. The molecule has 1 aromatic carbocycles. The molecule has 1 aliphatic rings. The maximum atomic E-state index is 12.9. The third-order valence-electron chi connectivity index (χ3n) is 5.75. The van der Waals surface area contributed by atoms with Crippen molar-refractivity contribution in [3.8, 4) is 5.75 Å². The van der Waals surface area contributed by atoms with Gasteiger partial charge in [0, 0.05) is 13.1 Å². The molecule has 1 amide bonds. The van der Waals surface area contributed by atoms with Crippen LogP contribution in [0, 0.1) is 0 Å². The number of nitrogens with zero attached hydrogens (tertiary/aromatic N) is 2. The molecule has 0 aliphatic heterocycles. The van der Waals surface area contributed by atoms with E-state index in [0.717, 1.165) is 25.7 Å². The van der Waals surface area contributed by atoms with Gasteiger partial charge in [0.1, 0.15) is 11.6 Å². The van der Waals surface area contributed by atoms with Gasteiger partial charge < -0.3 is 20.1 Å². The van der Waals surface area contributed by atoms with Gasteiger partial charge in [-0.3, -0.25) is 19.1 Å². The number of hydrogen-bond acceptors (Lipinski definition) is 7. The monoisotopic (exact) mass is 472 g/mol. The number of nitrogens with one attached hydrogen (secondary N) is 1. The van der Waals surface area contributed by atoms with Crippen molar-refractivity contribution in [1.29, 1.82) is 0 Å². The topological polar surface area (TPSA) is 137 Å². The third kappa shape index (κ3) is 5.86. The number of H-pyrrole nitrogens is 1. The third-order valence-corrected chi connectivity index (χ3v) is 5.75. The fourth-order valence-corrected chi connectivity index (χ4v) is 4.00. The Morgan fingerprint density at radius 1 is 1.12 bits per heavy atom. The molecule has 184 valence electrons. The van der Waals surface area contributed by atoms with Crippen LogP contribution in [0.5, 0.6) is 5.75 Å². The van der Waals surface area contributed by atoms with Crippen molar-refractivity contribution in [2.75, 3.05) is 30.4 Å². The number of aryl methyl sites for hydroxylation is 2. The first kappa shape index (κ1) is 25.1. The molecule has 0 spiro atoms. The van der Waals surface area contributed by atoms with Gasteiger partial charge in [-0.2, -0.15) is 0 Å². The number of carbonyl (C=O) groups excluding carboxylic acids is 2. The highest BCUT2D eigenvalue weighted by molar-refractivity contribution is 5.97. The molecule has 0 fully saturated rings. The number of ether oxygens (including phenoxy) is 2. The highest BCUT2D eigenvalue weighted by Gasteiger charge is 2.25. The lowest BCUT2D eigenvalue weighted by molar-refractivity contribution is -0.149. The van der Waals surface area contributed by atoms with E-state index in [9.17, 15) is 19.2 Å². The van der Waals surface area contributed by atoms with Crippen LogP contribution in [0.15, 0.2) is 27.8 Å². The first-order chi connectivity index (χ1) is 16.3. The molecule has 0 unspecified atom stereocenters. The Kier molecular flexibility index (Phi) is 8.50. The molecule has 1 aromatic heterocycles. The summed E-state index contributed by atoms with van der Waals surface area (Å²) in [6.07, 6.45) is 5.11. The van der Waals surface area contributed by atoms with Crippen LogP contribution in [0.2, 0.25) is 0 Å². The molecule has 1 heterocycles. The molecule has 34 heavy (non-hydrogen) atoms. The number of fused-ring (bicyclic) bond motifs is 1. The summed E-state index contributed by atoms with van der Waals surface area (Å²) in [6.45, 7) is 3.36. The van der Waals surface area contributed by atoms with Gasteiger partial charge in [-0.25, -0.2) is 9.59 Å². The molecule has 1 aliphatic carbocycles. The zero-order chi connectivity index (χ0) is 24.7. The minimum Gasteiger partial charge on any atom is -0.482 e. The Labute approximate surface area is 197 Å². The predicted octanol–water partition coefficient (Wildman–Crippen LogP) is 1.77. The summed E-state index contributed by atoms with van der Waals surface area (Å²) >= 11 is 0. The minimum atomic E-state index is -0.759. The van der Waals surface area contributed by atoms with E-state index in [-0.39, 0.29) is 24.7 Å². The van der Waals surface area contributed by atoms with Gasteiger partial charge in [-0.05, 0) is 55.4 Å². The maximum absolute atomic E-state index is 12.9. The van der Waals surface area contributed by atoms with E-state index >= 15 is 0 Å². The van der Waals surface area contributed by atoms with Crippen LogP contribution in [0.25, 0.3) is 0 Å². The van der Waals surface area contributed by atoms with Crippen LogP contribution in [0.3, 0.4) is 0 Å². The molecule has 0 saturated heterocycles. The van der Waals surface area contributed by atoms with Crippen molar-refractivity contribution in [1.82, 2.24) is 9.55 Å². The Morgan fingerprint density at radius 2 is 1.88 bits per heavy atom. The van der Waals surface area contributed by atoms with Crippen molar-refractivity contribution < 1.29 is 19.1 Å². The highest BCUT2D eigenvalue weighted by Crippen LogP contribution is 2.26. The second-order valence-electron chi connectivity index (χ2n) is 8.28. The van der Waals surface area contributed by atoms with Crippen molar-refractivity contribution in [2.45, 2.75) is 58.9 Å². The van der Waals surface area contributed by atoms with Crippen molar-refractivity contribution in [3.05, 3.63) is 50.2 Å². The van der Waals surface area contributed by atoms with E-state index < -0.39 is 29.7 Å². The van der Waals surface area contributed by atoms with Gasteiger partial charge in [0.05, 0.1) is 0 Å². The molecule has 10 heteroatoms. The van der Waals surface area contributed by atoms with E-state index in [4.69, 9.17) is 15.2 Å². The zero-order valence-corrected chi connectivity index (χ0v) is 19.7. The van der Waals surface area contributed by atoms with Crippen molar-refractivity contribution >= 4 is 23.4 Å². The van der Waals surface area contributed by atoms with Crippen LogP contribution in [-0.2, 0) is 33.7 Å². The molecular formula is C24H32N4O6. The number of nitrogen functional groups attached to an aromatic ring is 1. The number of rotatable bonds is 11. The molecule has 3 N–H and O–H groups in total. The number of amides is 1. The molecule has 0 saturated carbocycles. The average molecular weight is 473 g/mol. The normalized spacial score (nSPS) is 12.3. The summed E-state index contributed by atoms with van der Waals surface area (Å²) in [4.78, 5) is 53.2. The number of aromatic amines is 1. The predicted molar refractivity (Wildman–Crippen MR) is 128 cm³/mol. The maximum Gasteiger partial charge on any atom is 0.344 e. The second kappa shape index (κ2) is 11.5. The van der Waals surface area contributed by atoms with Crippen molar-refractivity contribution in [2.24, 2.45) is 0 Å². The smallest absolute Gasteiger partial charge is 0.344 e. The Bertz CT molecular complexity index is 1150. The van der Waals surface area contributed by atoms with E-state index in [1.54, 1.807) is 0 Å². The largest absolute Gasteiger partial charge is 0.482 e. The first-order valence-corrected chi connectivity index (χ1v) is 11.7. The van der Waals surface area contributed by atoms with Gasteiger partial charge in [-0.15, -0.1) is 0 Å². The SMILES string of the molecule is CCCCN(C(=O)COC(=O)COc1ccc2c(c1)CCC2)c1c(N)n(CCC)c(=O)[nH]c1=O. The first-order valence-electron chi connectivity index (χ1n) is 11.7. The zero-order valence-electron chi connectivity index (χ0n) is 19.7. The fourth-order valence-electron chi connectivity index (χ4n) is 4.00. The number of unbranched alkanes of at least 4 members (excludes halogenated alkanes) is 1. The summed E-state index contributed by atoms with van der Waals surface area (Å²) in [5.41, 5.74) is 7.12. The lowest BCUT2D eigenvalue weighted by Gasteiger charge is -2.24. The van der Waals surface area contributed by atoms with Gasteiger partial charge in [0.15, 0.2) is 18.9 Å². The Morgan fingerprint density at radius 3 is 2.62 bits per heavy atom. The molecular weight excluding hydrogens is 440 g/mol. The molecule has 0 radical (unpaired) electrons. The Balaban J connectivity index is 1.66. The molecule has 0 bridgehead atoms. The van der Waals surface area contributed by atoms with Gasteiger partial charge >= 0.3 is 11.7 Å². The number of nitrogens with two attached hydrogens (primary N) is 1. The van der Waals surface area contributed by atoms with E-state index in [2.05, 4.69) is 4.98 Å². The summed E-state index contributed by atoms with van der Waals surface area (Å²) in [7, 11) is 0. The van der Waals surface area contributed by atoms with Crippen LogP contribution in [0.1, 0.15) is 50.7 Å². The van der Waals surface area contributed by atoms with Crippen LogP contribution < -0.4 is 26.6 Å².